The first-order chi connectivity index (χ1) is 13.7. The highest BCUT2D eigenvalue weighted by atomic mass is 35.5. The van der Waals surface area contributed by atoms with Gasteiger partial charge in [-0.15, -0.1) is 0 Å². The summed E-state index contributed by atoms with van der Waals surface area (Å²) in [5, 5.41) is 8.01. The van der Waals surface area contributed by atoms with Crippen molar-refractivity contribution in [1.82, 2.24) is 16.2 Å². The topological polar surface area (TPSA) is 60.5 Å². The number of benzene rings is 2. The predicted octanol–water partition coefficient (Wildman–Crippen LogP) is 3.34. The maximum atomic E-state index is 6.09. The Labute approximate surface area is 174 Å². The van der Waals surface area contributed by atoms with Crippen molar-refractivity contribution in [3.63, 3.8) is 0 Å². The van der Waals surface area contributed by atoms with E-state index in [4.69, 9.17) is 16.6 Å². The average molecular weight is 411 g/mol. The smallest absolute Gasteiger partial charge is 0.142 e. The van der Waals surface area contributed by atoms with E-state index in [0.29, 0.717) is 6.54 Å². The molecule has 2 aromatic rings. The molecule has 2 aliphatic heterocycles. The molecule has 1 spiro atoms. The van der Waals surface area contributed by atoms with Gasteiger partial charge in [0, 0.05) is 21.8 Å². The molecule has 2 heterocycles. The number of aryl methyl sites for hydroxylation is 1. The number of fused-ring (bicyclic) bond motifs is 1. The predicted molar refractivity (Wildman–Crippen MR) is 118 cm³/mol. The lowest BCUT2D eigenvalue weighted by Gasteiger charge is -2.43. The van der Waals surface area contributed by atoms with Gasteiger partial charge >= 0.3 is 0 Å². The Morgan fingerprint density at radius 3 is 2.75 bits per heavy atom. The van der Waals surface area contributed by atoms with Gasteiger partial charge in [0.05, 0.1) is 16.9 Å². The van der Waals surface area contributed by atoms with Crippen LogP contribution in [0.2, 0.25) is 11.1 Å². The first kappa shape index (κ1) is 19.5. The van der Waals surface area contributed by atoms with Gasteiger partial charge in [-0.2, -0.15) is 0 Å². The normalized spacial score (nSPS) is 17.6. The van der Waals surface area contributed by atoms with Crippen molar-refractivity contribution in [2.24, 2.45) is 4.99 Å². The standard InChI is InChI=1S/C21H25ClN5Si/c22-17-3-1-2-16(12-17)14-24-27-20-21(7-9-23-10-8-21)26-19-13-15(6-11-28)4-5-18(19)25-20/h1-5,12-13,23-24,26H,6-11,14H2,(H,25,27). The van der Waals surface area contributed by atoms with Gasteiger partial charge in [0.25, 0.3) is 0 Å². The van der Waals surface area contributed by atoms with Crippen molar-refractivity contribution >= 4 is 39.1 Å². The molecule has 0 saturated carbocycles. The van der Waals surface area contributed by atoms with E-state index in [2.05, 4.69) is 56.0 Å². The van der Waals surface area contributed by atoms with Crippen LogP contribution in [0.3, 0.4) is 0 Å². The van der Waals surface area contributed by atoms with Gasteiger partial charge in [-0.1, -0.05) is 35.8 Å². The minimum absolute atomic E-state index is 0.174. The van der Waals surface area contributed by atoms with Crippen molar-refractivity contribution in [2.45, 2.75) is 37.4 Å². The number of amidine groups is 1. The maximum Gasteiger partial charge on any atom is 0.142 e. The highest BCUT2D eigenvalue weighted by Crippen LogP contribution is 2.37. The molecule has 0 bridgehead atoms. The monoisotopic (exact) mass is 410 g/mol. The van der Waals surface area contributed by atoms with Crippen LogP contribution in [0.5, 0.6) is 0 Å². The van der Waals surface area contributed by atoms with Gasteiger partial charge in [0.2, 0.25) is 0 Å². The van der Waals surface area contributed by atoms with Gasteiger partial charge in [-0.3, -0.25) is 0 Å². The molecule has 2 aromatic carbocycles. The minimum Gasteiger partial charge on any atom is -0.371 e. The Morgan fingerprint density at radius 2 is 1.96 bits per heavy atom. The van der Waals surface area contributed by atoms with Crippen LogP contribution in [0.4, 0.5) is 11.4 Å². The summed E-state index contributed by atoms with van der Waals surface area (Å²) in [4.78, 5) is 4.99. The number of rotatable bonds is 5. The number of hydrogen-bond donors (Lipinski definition) is 4. The average Bonchev–Trinajstić information content (AvgIpc) is 2.69. The lowest BCUT2D eigenvalue weighted by Crippen LogP contribution is -2.60. The summed E-state index contributed by atoms with van der Waals surface area (Å²) >= 11 is 6.09. The molecule has 0 atom stereocenters. The van der Waals surface area contributed by atoms with E-state index < -0.39 is 0 Å². The third-order valence-corrected chi connectivity index (χ3v) is 5.86. The third kappa shape index (κ3) is 4.25. The van der Waals surface area contributed by atoms with E-state index in [0.717, 1.165) is 66.2 Å². The van der Waals surface area contributed by atoms with Crippen molar-refractivity contribution < 1.29 is 0 Å². The molecule has 4 N–H and O–H groups in total. The summed E-state index contributed by atoms with van der Waals surface area (Å²) < 4.78 is 0. The SMILES string of the molecule is [Si]CCc1ccc2c(c1)NC1(CCNCC1)C(NNCc1cccc(Cl)c1)=N2. The maximum absolute atomic E-state index is 6.09. The second-order valence-electron chi connectivity index (χ2n) is 7.38. The van der Waals surface area contributed by atoms with E-state index in [9.17, 15) is 0 Å². The molecule has 0 unspecified atom stereocenters. The zero-order chi connectivity index (χ0) is 19.4. The van der Waals surface area contributed by atoms with Crippen LogP contribution in [-0.4, -0.2) is 34.7 Å². The van der Waals surface area contributed by atoms with E-state index >= 15 is 0 Å². The number of nitrogens with zero attached hydrogens (tertiary/aromatic N) is 1. The molecule has 0 amide bonds. The summed E-state index contributed by atoms with van der Waals surface area (Å²) in [5.74, 6) is 0.955. The molecule has 0 aliphatic carbocycles. The van der Waals surface area contributed by atoms with Gasteiger partial charge in [-0.25, -0.2) is 10.4 Å². The zero-order valence-electron chi connectivity index (χ0n) is 15.8. The molecule has 2 aliphatic rings. The van der Waals surface area contributed by atoms with Crippen LogP contribution >= 0.6 is 11.6 Å². The van der Waals surface area contributed by atoms with Crippen molar-refractivity contribution in [2.75, 3.05) is 18.4 Å². The number of anilines is 1. The summed E-state index contributed by atoms with van der Waals surface area (Å²) in [6.45, 7) is 2.61. The van der Waals surface area contributed by atoms with Crippen molar-refractivity contribution in [3.8, 4) is 0 Å². The Hall–Kier alpha value is -1.86. The molecular weight excluding hydrogens is 386 g/mol. The fourth-order valence-corrected chi connectivity index (χ4v) is 4.37. The number of nitrogens with one attached hydrogen (secondary N) is 4. The van der Waals surface area contributed by atoms with Crippen LogP contribution in [0, 0.1) is 0 Å². The third-order valence-electron chi connectivity index (χ3n) is 5.38. The Kier molecular flexibility index (Phi) is 6.01. The van der Waals surface area contributed by atoms with Crippen LogP contribution in [0.1, 0.15) is 24.0 Å². The lowest BCUT2D eigenvalue weighted by atomic mass is 9.85. The highest BCUT2D eigenvalue weighted by Gasteiger charge is 2.40. The summed E-state index contributed by atoms with van der Waals surface area (Å²) in [6, 6.07) is 15.3. The largest absolute Gasteiger partial charge is 0.371 e. The number of aliphatic imine (C=N–C) groups is 1. The van der Waals surface area contributed by atoms with Crippen LogP contribution < -0.4 is 21.5 Å². The van der Waals surface area contributed by atoms with E-state index in [1.807, 2.05) is 18.2 Å². The number of hydrogen-bond acceptors (Lipinski definition) is 5. The number of halogens is 1. The molecule has 1 fully saturated rings. The van der Waals surface area contributed by atoms with Crippen molar-refractivity contribution in [3.05, 3.63) is 58.6 Å². The van der Waals surface area contributed by atoms with Crippen LogP contribution in [-0.2, 0) is 13.0 Å². The van der Waals surface area contributed by atoms with E-state index in [1.165, 1.54) is 5.56 Å². The second kappa shape index (κ2) is 8.65. The van der Waals surface area contributed by atoms with Gasteiger partial charge in [0.1, 0.15) is 5.84 Å². The molecule has 145 valence electrons. The molecule has 0 aromatic heterocycles. The van der Waals surface area contributed by atoms with Crippen LogP contribution in [0.25, 0.3) is 0 Å². The molecule has 1 saturated heterocycles. The molecular formula is C21H25ClN5Si. The zero-order valence-corrected chi connectivity index (χ0v) is 17.6. The minimum atomic E-state index is -0.174. The fourth-order valence-electron chi connectivity index (χ4n) is 3.86. The van der Waals surface area contributed by atoms with Gasteiger partial charge in [0.15, 0.2) is 0 Å². The lowest BCUT2D eigenvalue weighted by molar-refractivity contribution is 0.407. The summed E-state index contributed by atoms with van der Waals surface area (Å²) in [7, 11) is 3.58. The Morgan fingerprint density at radius 1 is 1.11 bits per heavy atom. The van der Waals surface area contributed by atoms with Gasteiger partial charge in [-0.05, 0) is 67.7 Å². The highest BCUT2D eigenvalue weighted by molar-refractivity contribution is 6.30. The molecule has 7 heteroatoms. The summed E-state index contributed by atoms with van der Waals surface area (Å²) in [5.41, 5.74) is 11.1. The first-order valence-corrected chi connectivity index (χ1v) is 10.9. The fraction of sp³-hybridized carbons (Fsp3) is 0.381. The van der Waals surface area contributed by atoms with Crippen LogP contribution in [0.15, 0.2) is 47.5 Å². The summed E-state index contributed by atoms with van der Waals surface area (Å²) in [6.07, 6.45) is 2.98. The van der Waals surface area contributed by atoms with Gasteiger partial charge < -0.3 is 16.1 Å². The molecule has 3 radical (unpaired) electrons. The Balaban J connectivity index is 1.55. The van der Waals surface area contributed by atoms with Crippen molar-refractivity contribution in [1.29, 1.82) is 0 Å². The quantitative estimate of drug-likeness (QED) is 0.451. The Bertz CT molecular complexity index is 864. The molecule has 4 rings (SSSR count). The van der Waals surface area contributed by atoms with E-state index in [-0.39, 0.29) is 5.54 Å². The number of piperidine rings is 1. The number of hydrazine groups is 1. The second-order valence-corrected chi connectivity index (χ2v) is 8.31. The first-order valence-electron chi connectivity index (χ1n) is 9.77. The molecule has 5 nitrogen and oxygen atoms in total. The van der Waals surface area contributed by atoms with E-state index in [1.54, 1.807) is 0 Å². The molecule has 28 heavy (non-hydrogen) atoms.